The van der Waals surface area contributed by atoms with Crippen LogP contribution in [0.5, 0.6) is 0 Å². The number of benzene rings is 1. The normalized spacial score (nSPS) is 21.7. The summed E-state index contributed by atoms with van der Waals surface area (Å²) < 4.78 is 38.8. The first kappa shape index (κ1) is 12.2. The summed E-state index contributed by atoms with van der Waals surface area (Å²) in [6.07, 6.45) is 0.283. The van der Waals surface area contributed by atoms with Gasteiger partial charge in [0.05, 0.1) is 11.3 Å². The summed E-state index contributed by atoms with van der Waals surface area (Å²) in [7, 11) is 0. The van der Waals surface area contributed by atoms with E-state index in [1.165, 1.54) is 18.9 Å². The summed E-state index contributed by atoms with van der Waals surface area (Å²) in [5.41, 5.74) is -0.270. The Bertz CT molecular complexity index is 464. The molecule has 1 aromatic carbocycles. The number of alkyl halides is 3. The van der Waals surface area contributed by atoms with Gasteiger partial charge in [0, 0.05) is 16.2 Å². The van der Waals surface area contributed by atoms with E-state index in [2.05, 4.69) is 5.32 Å². The summed E-state index contributed by atoms with van der Waals surface area (Å²) in [5, 5.41) is 3.03. The number of hydrogen-bond donors (Lipinski definition) is 1. The van der Waals surface area contributed by atoms with Crippen LogP contribution in [0.1, 0.15) is 31.2 Å². The molecule has 0 amide bonds. The van der Waals surface area contributed by atoms with Crippen LogP contribution < -0.4 is 5.32 Å². The third kappa shape index (κ3) is 1.98. The highest BCUT2D eigenvalue weighted by atomic mass is 32.2. The molecule has 1 aliphatic carbocycles. The highest BCUT2D eigenvalue weighted by Crippen LogP contribution is 2.52. The monoisotopic (exact) mass is 273 g/mol. The first-order chi connectivity index (χ1) is 8.50. The Labute approximate surface area is 108 Å². The number of nitrogens with one attached hydrogen (secondary N) is 1. The van der Waals surface area contributed by atoms with E-state index in [9.17, 15) is 13.2 Å². The van der Waals surface area contributed by atoms with Crippen molar-refractivity contribution < 1.29 is 13.2 Å². The number of hydrogen-bond acceptors (Lipinski definition) is 2. The molecule has 0 bridgehead atoms. The summed E-state index contributed by atoms with van der Waals surface area (Å²) in [6.45, 7) is 0.651. The lowest BCUT2D eigenvalue weighted by Crippen LogP contribution is -2.34. The standard InChI is InChI=1S/C13H14F3NS/c14-13(15,16)9-4-3-5-10-11(9)17-8-12(18-10)6-1-2-7-12/h3-5,17H,1-2,6-8H2. The Morgan fingerprint density at radius 2 is 1.89 bits per heavy atom. The maximum absolute atomic E-state index is 12.9. The van der Waals surface area contributed by atoms with Crippen LogP contribution in [0.25, 0.3) is 0 Å². The molecule has 1 heterocycles. The highest BCUT2D eigenvalue weighted by Gasteiger charge is 2.41. The van der Waals surface area contributed by atoms with Crippen LogP contribution in [0.15, 0.2) is 23.1 Å². The molecule has 1 fully saturated rings. The van der Waals surface area contributed by atoms with Crippen LogP contribution >= 0.6 is 11.8 Å². The second-order valence-electron chi connectivity index (χ2n) is 5.02. The zero-order valence-corrected chi connectivity index (χ0v) is 10.6. The first-order valence-corrected chi connectivity index (χ1v) is 6.95. The number of rotatable bonds is 0. The van der Waals surface area contributed by atoms with Gasteiger partial charge < -0.3 is 5.32 Å². The minimum atomic E-state index is -4.28. The Kier molecular flexibility index (Phi) is 2.77. The van der Waals surface area contributed by atoms with Gasteiger partial charge in [-0.05, 0) is 25.0 Å². The molecule has 1 aromatic rings. The third-order valence-electron chi connectivity index (χ3n) is 3.76. The molecule has 0 unspecified atom stereocenters. The van der Waals surface area contributed by atoms with Crippen molar-refractivity contribution in [1.29, 1.82) is 0 Å². The minimum Gasteiger partial charge on any atom is -0.382 e. The van der Waals surface area contributed by atoms with Gasteiger partial charge in [0.2, 0.25) is 0 Å². The van der Waals surface area contributed by atoms with Crippen LogP contribution in [-0.4, -0.2) is 11.3 Å². The lowest BCUT2D eigenvalue weighted by molar-refractivity contribution is -0.137. The van der Waals surface area contributed by atoms with Gasteiger partial charge in [0.1, 0.15) is 0 Å². The molecule has 18 heavy (non-hydrogen) atoms. The fourth-order valence-corrected chi connectivity index (χ4v) is 4.39. The summed E-state index contributed by atoms with van der Waals surface area (Å²) in [6, 6.07) is 4.45. The molecule has 0 atom stereocenters. The zero-order valence-electron chi connectivity index (χ0n) is 9.81. The zero-order chi connectivity index (χ0) is 12.8. The Balaban J connectivity index is 1.98. The highest BCUT2D eigenvalue weighted by molar-refractivity contribution is 8.01. The van der Waals surface area contributed by atoms with Crippen LogP contribution in [0, 0.1) is 0 Å². The second-order valence-corrected chi connectivity index (χ2v) is 6.53. The Morgan fingerprint density at radius 1 is 1.17 bits per heavy atom. The van der Waals surface area contributed by atoms with Gasteiger partial charge in [-0.15, -0.1) is 11.8 Å². The Hall–Kier alpha value is -0.840. The van der Waals surface area contributed by atoms with E-state index in [-0.39, 0.29) is 10.4 Å². The maximum Gasteiger partial charge on any atom is 0.418 e. The van der Waals surface area contributed by atoms with Gasteiger partial charge in [0.15, 0.2) is 0 Å². The van der Waals surface area contributed by atoms with E-state index in [0.29, 0.717) is 6.54 Å². The molecule has 1 spiro atoms. The van der Waals surface area contributed by atoms with Crippen LogP contribution in [-0.2, 0) is 6.18 Å². The van der Waals surface area contributed by atoms with Gasteiger partial charge in [-0.25, -0.2) is 0 Å². The van der Waals surface area contributed by atoms with Crippen LogP contribution in [0.4, 0.5) is 18.9 Å². The fraction of sp³-hybridized carbons (Fsp3) is 0.538. The number of thioether (sulfide) groups is 1. The van der Waals surface area contributed by atoms with Crippen molar-refractivity contribution in [3.63, 3.8) is 0 Å². The van der Waals surface area contributed by atoms with Crippen molar-refractivity contribution in [2.24, 2.45) is 0 Å². The predicted molar refractivity (Wildman–Crippen MR) is 67.0 cm³/mol. The van der Waals surface area contributed by atoms with Crippen molar-refractivity contribution in [3.8, 4) is 0 Å². The van der Waals surface area contributed by atoms with Crippen LogP contribution in [0.3, 0.4) is 0 Å². The fourth-order valence-electron chi connectivity index (χ4n) is 2.85. The summed E-state index contributed by atoms with van der Waals surface area (Å²) >= 11 is 1.63. The lowest BCUT2D eigenvalue weighted by atomic mass is 10.1. The van der Waals surface area contributed by atoms with E-state index in [0.717, 1.165) is 23.8 Å². The number of para-hydroxylation sites is 1. The SMILES string of the molecule is FC(F)(F)c1cccc2c1NCC1(CCCC1)S2. The number of fused-ring (bicyclic) bond motifs is 1. The third-order valence-corrected chi connectivity index (χ3v) is 5.31. The van der Waals surface area contributed by atoms with E-state index in [1.54, 1.807) is 17.8 Å². The minimum absolute atomic E-state index is 0.122. The molecule has 1 aliphatic heterocycles. The first-order valence-electron chi connectivity index (χ1n) is 6.13. The second kappa shape index (κ2) is 4.08. The molecule has 0 aromatic heterocycles. The molecule has 5 heteroatoms. The molecule has 2 aliphatic rings. The van der Waals surface area contributed by atoms with E-state index in [1.807, 2.05) is 0 Å². The number of halogens is 3. The Morgan fingerprint density at radius 3 is 2.56 bits per heavy atom. The van der Waals surface area contributed by atoms with Crippen molar-refractivity contribution in [1.82, 2.24) is 0 Å². The van der Waals surface area contributed by atoms with E-state index >= 15 is 0 Å². The molecule has 1 saturated carbocycles. The van der Waals surface area contributed by atoms with Gasteiger partial charge in [-0.3, -0.25) is 0 Å². The van der Waals surface area contributed by atoms with Gasteiger partial charge >= 0.3 is 6.18 Å². The van der Waals surface area contributed by atoms with Crippen molar-refractivity contribution in [2.75, 3.05) is 11.9 Å². The average molecular weight is 273 g/mol. The molecular weight excluding hydrogens is 259 g/mol. The smallest absolute Gasteiger partial charge is 0.382 e. The average Bonchev–Trinajstić information content (AvgIpc) is 2.75. The molecule has 3 rings (SSSR count). The molecule has 0 radical (unpaired) electrons. The molecular formula is C13H14F3NS. The van der Waals surface area contributed by atoms with Gasteiger partial charge in [0.25, 0.3) is 0 Å². The van der Waals surface area contributed by atoms with Crippen molar-refractivity contribution in [3.05, 3.63) is 23.8 Å². The largest absolute Gasteiger partial charge is 0.418 e. The topological polar surface area (TPSA) is 12.0 Å². The lowest BCUT2D eigenvalue weighted by Gasteiger charge is -2.35. The summed E-state index contributed by atoms with van der Waals surface area (Å²) in [5.74, 6) is 0. The predicted octanol–water partition coefficient (Wildman–Crippen LogP) is 4.54. The van der Waals surface area contributed by atoms with Crippen molar-refractivity contribution >= 4 is 17.4 Å². The van der Waals surface area contributed by atoms with Crippen molar-refractivity contribution in [2.45, 2.75) is 41.5 Å². The summed E-state index contributed by atoms with van der Waals surface area (Å²) in [4.78, 5) is 0.748. The van der Waals surface area contributed by atoms with E-state index < -0.39 is 11.7 Å². The quantitative estimate of drug-likeness (QED) is 0.745. The molecule has 1 N–H and O–H groups in total. The number of anilines is 1. The molecule has 98 valence electrons. The van der Waals surface area contributed by atoms with Crippen LogP contribution in [0.2, 0.25) is 0 Å². The van der Waals surface area contributed by atoms with E-state index in [4.69, 9.17) is 0 Å². The maximum atomic E-state index is 12.9. The van der Waals surface area contributed by atoms with Gasteiger partial charge in [-0.1, -0.05) is 18.9 Å². The van der Waals surface area contributed by atoms with Gasteiger partial charge in [-0.2, -0.15) is 13.2 Å². The molecule has 0 saturated heterocycles. The molecule has 1 nitrogen and oxygen atoms in total.